The molecule has 0 aliphatic rings. The van der Waals surface area contributed by atoms with Crippen LogP contribution in [0.15, 0.2) is 42.5 Å². The van der Waals surface area contributed by atoms with Crippen molar-refractivity contribution in [3.05, 3.63) is 58.1 Å². The van der Waals surface area contributed by atoms with Gasteiger partial charge in [-0.05, 0) is 42.0 Å². The van der Waals surface area contributed by atoms with Gasteiger partial charge in [-0.25, -0.2) is 0 Å². The Morgan fingerprint density at radius 3 is 2.36 bits per heavy atom. The van der Waals surface area contributed by atoms with Crippen molar-refractivity contribution in [3.8, 4) is 5.75 Å². The lowest BCUT2D eigenvalue weighted by molar-refractivity contribution is -0.113. The first-order valence-corrected chi connectivity index (χ1v) is 8.45. The van der Waals surface area contributed by atoms with Crippen molar-refractivity contribution in [1.82, 2.24) is 0 Å². The zero-order valence-corrected chi connectivity index (χ0v) is 14.3. The fraction of sp³-hybridized carbons (Fsp3) is 0.188. The number of amides is 1. The molecule has 22 heavy (non-hydrogen) atoms. The molecule has 116 valence electrons. The van der Waals surface area contributed by atoms with E-state index in [4.69, 9.17) is 27.9 Å². The highest BCUT2D eigenvalue weighted by Crippen LogP contribution is 2.28. The molecule has 2 aromatic carbocycles. The second kappa shape index (κ2) is 8.32. The summed E-state index contributed by atoms with van der Waals surface area (Å²) in [5.41, 5.74) is 1.59. The van der Waals surface area contributed by atoms with Gasteiger partial charge in [-0.3, -0.25) is 4.79 Å². The molecule has 2 rings (SSSR count). The number of hydrogen-bond donors (Lipinski definition) is 1. The molecule has 0 radical (unpaired) electrons. The number of hydrogen-bond acceptors (Lipinski definition) is 3. The number of methoxy groups -OCH3 is 1. The van der Waals surface area contributed by atoms with E-state index in [0.29, 0.717) is 21.6 Å². The number of anilines is 1. The van der Waals surface area contributed by atoms with Crippen molar-refractivity contribution >= 4 is 46.6 Å². The Hall–Kier alpha value is -1.36. The summed E-state index contributed by atoms with van der Waals surface area (Å²) in [7, 11) is 1.60. The smallest absolute Gasteiger partial charge is 0.234 e. The van der Waals surface area contributed by atoms with Crippen LogP contribution < -0.4 is 10.1 Å². The van der Waals surface area contributed by atoms with Gasteiger partial charge in [0, 0.05) is 21.5 Å². The van der Waals surface area contributed by atoms with E-state index < -0.39 is 0 Å². The largest absolute Gasteiger partial charge is 0.497 e. The van der Waals surface area contributed by atoms with E-state index in [9.17, 15) is 4.79 Å². The Balaban J connectivity index is 1.82. The Labute approximate surface area is 144 Å². The molecule has 0 unspecified atom stereocenters. The topological polar surface area (TPSA) is 38.3 Å². The van der Waals surface area contributed by atoms with Crippen LogP contribution in [0.3, 0.4) is 0 Å². The minimum atomic E-state index is -0.0710. The highest BCUT2D eigenvalue weighted by molar-refractivity contribution is 7.99. The van der Waals surface area contributed by atoms with Crippen molar-refractivity contribution in [2.75, 3.05) is 18.2 Å². The number of nitrogens with one attached hydrogen (secondary N) is 1. The van der Waals surface area contributed by atoms with E-state index in [0.717, 1.165) is 17.0 Å². The summed E-state index contributed by atoms with van der Waals surface area (Å²) in [6.07, 6.45) is 0. The lowest BCUT2D eigenvalue weighted by atomic mass is 10.2. The summed E-state index contributed by atoms with van der Waals surface area (Å²) in [5, 5.41) is 4.07. The summed E-state index contributed by atoms with van der Waals surface area (Å²) in [4.78, 5) is 11.9. The molecular weight excluding hydrogens is 341 g/mol. The average Bonchev–Trinajstić information content (AvgIpc) is 2.51. The van der Waals surface area contributed by atoms with Crippen LogP contribution in [0.4, 0.5) is 5.69 Å². The highest BCUT2D eigenvalue weighted by atomic mass is 35.5. The minimum absolute atomic E-state index is 0.0710. The number of carbonyl (C=O) groups excluding carboxylic acids is 1. The van der Waals surface area contributed by atoms with Crippen LogP contribution in [0.1, 0.15) is 5.56 Å². The molecule has 0 spiro atoms. The normalized spacial score (nSPS) is 10.3. The molecule has 0 heterocycles. The van der Waals surface area contributed by atoms with Gasteiger partial charge in [0.25, 0.3) is 0 Å². The Morgan fingerprint density at radius 1 is 1.14 bits per heavy atom. The van der Waals surface area contributed by atoms with Crippen molar-refractivity contribution in [2.24, 2.45) is 0 Å². The van der Waals surface area contributed by atoms with Gasteiger partial charge in [0.15, 0.2) is 0 Å². The third kappa shape index (κ3) is 4.83. The van der Waals surface area contributed by atoms with Crippen LogP contribution in [0.2, 0.25) is 10.0 Å². The van der Waals surface area contributed by atoms with Crippen LogP contribution >= 0.6 is 35.0 Å². The standard InChI is InChI=1S/C16H15Cl2NO2S/c1-21-12-7-5-11(6-8-12)19-16(20)10-22-9-13-14(17)3-2-4-15(13)18/h2-8H,9-10H2,1H3,(H,19,20). The molecule has 1 N–H and O–H groups in total. The third-order valence-corrected chi connectivity index (χ3v) is 4.58. The first kappa shape index (κ1) is 17.0. The van der Waals surface area contributed by atoms with E-state index in [1.165, 1.54) is 11.8 Å². The average molecular weight is 356 g/mol. The zero-order chi connectivity index (χ0) is 15.9. The van der Waals surface area contributed by atoms with Gasteiger partial charge in [0.1, 0.15) is 5.75 Å². The quantitative estimate of drug-likeness (QED) is 0.802. The molecule has 1 amide bonds. The fourth-order valence-electron chi connectivity index (χ4n) is 1.79. The molecule has 6 heteroatoms. The van der Waals surface area contributed by atoms with Crippen LogP contribution in [0, 0.1) is 0 Å². The Bertz CT molecular complexity index is 627. The molecule has 0 fully saturated rings. The van der Waals surface area contributed by atoms with E-state index in [1.807, 2.05) is 0 Å². The number of halogens is 2. The molecule has 0 aliphatic heterocycles. The molecule has 0 atom stereocenters. The van der Waals surface area contributed by atoms with Gasteiger partial charge in [0.2, 0.25) is 5.91 Å². The molecule has 3 nitrogen and oxygen atoms in total. The van der Waals surface area contributed by atoms with Gasteiger partial charge in [-0.15, -0.1) is 11.8 Å². The number of ether oxygens (including phenoxy) is 1. The maximum Gasteiger partial charge on any atom is 0.234 e. The third-order valence-electron chi connectivity index (χ3n) is 2.92. The Kier molecular flexibility index (Phi) is 6.43. The molecule has 0 saturated heterocycles. The predicted molar refractivity (Wildman–Crippen MR) is 94.2 cm³/mol. The molecule has 0 aliphatic carbocycles. The number of rotatable bonds is 6. The maximum atomic E-state index is 11.9. The van der Waals surface area contributed by atoms with Gasteiger partial charge in [-0.1, -0.05) is 29.3 Å². The second-order valence-corrected chi connectivity index (χ2v) is 6.27. The van der Waals surface area contributed by atoms with E-state index in [2.05, 4.69) is 5.32 Å². The van der Waals surface area contributed by atoms with Crippen LogP contribution in [-0.2, 0) is 10.5 Å². The van der Waals surface area contributed by atoms with Gasteiger partial charge in [-0.2, -0.15) is 0 Å². The summed E-state index contributed by atoms with van der Waals surface area (Å²) < 4.78 is 5.07. The summed E-state index contributed by atoms with van der Waals surface area (Å²) in [5.74, 6) is 1.60. The fourth-order valence-corrected chi connectivity index (χ4v) is 3.35. The van der Waals surface area contributed by atoms with E-state index in [1.54, 1.807) is 49.6 Å². The van der Waals surface area contributed by atoms with Gasteiger partial charge < -0.3 is 10.1 Å². The monoisotopic (exact) mass is 355 g/mol. The van der Waals surface area contributed by atoms with Crippen molar-refractivity contribution in [2.45, 2.75) is 5.75 Å². The lowest BCUT2D eigenvalue weighted by Gasteiger charge is -2.08. The first-order valence-electron chi connectivity index (χ1n) is 6.54. The van der Waals surface area contributed by atoms with Crippen molar-refractivity contribution in [1.29, 1.82) is 0 Å². The number of benzene rings is 2. The van der Waals surface area contributed by atoms with Crippen molar-refractivity contribution in [3.63, 3.8) is 0 Å². The predicted octanol–water partition coefficient (Wildman–Crippen LogP) is 4.87. The zero-order valence-electron chi connectivity index (χ0n) is 11.9. The molecule has 2 aromatic rings. The second-order valence-electron chi connectivity index (χ2n) is 4.47. The number of carbonyl (C=O) groups is 1. The molecule has 0 aromatic heterocycles. The lowest BCUT2D eigenvalue weighted by Crippen LogP contribution is -2.14. The maximum absolute atomic E-state index is 11.9. The summed E-state index contributed by atoms with van der Waals surface area (Å²) in [6.45, 7) is 0. The summed E-state index contributed by atoms with van der Waals surface area (Å²) >= 11 is 13.7. The molecule has 0 saturated carbocycles. The van der Waals surface area contributed by atoms with Crippen LogP contribution in [0.5, 0.6) is 5.75 Å². The SMILES string of the molecule is COc1ccc(NC(=O)CSCc2c(Cl)cccc2Cl)cc1. The van der Waals surface area contributed by atoms with Crippen LogP contribution in [-0.4, -0.2) is 18.8 Å². The number of thioether (sulfide) groups is 1. The van der Waals surface area contributed by atoms with Gasteiger partial charge >= 0.3 is 0 Å². The van der Waals surface area contributed by atoms with Crippen LogP contribution in [0.25, 0.3) is 0 Å². The van der Waals surface area contributed by atoms with Crippen molar-refractivity contribution < 1.29 is 9.53 Å². The van der Waals surface area contributed by atoms with E-state index >= 15 is 0 Å². The highest BCUT2D eigenvalue weighted by Gasteiger charge is 2.08. The molecular formula is C16H15Cl2NO2S. The van der Waals surface area contributed by atoms with E-state index in [-0.39, 0.29) is 5.91 Å². The summed E-state index contributed by atoms with van der Waals surface area (Å²) in [6, 6.07) is 12.6. The van der Waals surface area contributed by atoms with Gasteiger partial charge in [0.05, 0.1) is 12.9 Å². The molecule has 0 bridgehead atoms. The first-order chi connectivity index (χ1) is 10.6. The minimum Gasteiger partial charge on any atom is -0.497 e. The Morgan fingerprint density at radius 2 is 1.77 bits per heavy atom.